The van der Waals surface area contributed by atoms with Crippen LogP contribution in [0.15, 0.2) is 36.4 Å². The van der Waals surface area contributed by atoms with Crippen molar-refractivity contribution in [2.45, 2.75) is 45.5 Å². The van der Waals surface area contributed by atoms with Gasteiger partial charge in [0.15, 0.2) is 0 Å². The smallest absolute Gasteiger partial charge is 0.169 e. The van der Waals surface area contributed by atoms with E-state index in [1.54, 1.807) is 13.8 Å². The van der Waals surface area contributed by atoms with Gasteiger partial charge < -0.3 is 0 Å². The molecule has 0 aliphatic heterocycles. The summed E-state index contributed by atoms with van der Waals surface area (Å²) >= 11 is 0. The highest BCUT2D eigenvalue weighted by Gasteiger charge is 2.72. The van der Waals surface area contributed by atoms with Crippen LogP contribution in [0.25, 0.3) is 0 Å². The molecule has 0 unspecified atom stereocenters. The fourth-order valence-corrected chi connectivity index (χ4v) is 3.16. The highest BCUT2D eigenvalue weighted by Crippen LogP contribution is 2.57. The van der Waals surface area contributed by atoms with Gasteiger partial charge in [-0.05, 0) is 55.5 Å². The van der Waals surface area contributed by atoms with Gasteiger partial charge >= 0.3 is 12.4 Å². The highest BCUT2D eigenvalue weighted by atomic mass is 19.4. The van der Waals surface area contributed by atoms with E-state index >= 15 is 0 Å². The van der Waals surface area contributed by atoms with Crippen molar-refractivity contribution >= 4 is 0 Å². The third-order valence-electron chi connectivity index (χ3n) is 4.58. The van der Waals surface area contributed by atoms with Gasteiger partial charge in [-0.15, -0.1) is 0 Å². The molecule has 0 N–H and O–H groups in total. The molecule has 0 fully saturated rings. The first-order chi connectivity index (χ1) is 11.3. The van der Waals surface area contributed by atoms with E-state index in [4.69, 9.17) is 0 Å². The van der Waals surface area contributed by atoms with Crippen LogP contribution in [0, 0.1) is 27.7 Å². The van der Waals surface area contributed by atoms with Crippen molar-refractivity contribution in [1.29, 1.82) is 0 Å². The van der Waals surface area contributed by atoms with Crippen LogP contribution in [-0.4, -0.2) is 12.4 Å². The van der Waals surface area contributed by atoms with E-state index in [1.807, 2.05) is 0 Å². The summed E-state index contributed by atoms with van der Waals surface area (Å²) in [6.45, 7) is 6.03. The average molecular weight is 360 g/mol. The molecule has 0 radical (unpaired) electrons. The second kappa shape index (κ2) is 6.07. The van der Waals surface area contributed by atoms with Crippen LogP contribution in [0.4, 0.5) is 26.3 Å². The van der Waals surface area contributed by atoms with E-state index < -0.39 is 28.9 Å². The zero-order valence-corrected chi connectivity index (χ0v) is 14.2. The Labute approximate surface area is 142 Å². The summed E-state index contributed by atoms with van der Waals surface area (Å²) in [7, 11) is 0. The molecule has 0 aliphatic carbocycles. The van der Waals surface area contributed by atoms with Crippen LogP contribution in [-0.2, 0) is 5.41 Å². The van der Waals surface area contributed by atoms with Gasteiger partial charge in [0, 0.05) is 0 Å². The summed E-state index contributed by atoms with van der Waals surface area (Å²) in [5.74, 6) is 0. The third kappa shape index (κ3) is 3.02. The number of hydrogen-bond acceptors (Lipinski definition) is 0. The molecule has 0 heterocycles. The Hall–Kier alpha value is -1.98. The Morgan fingerprint density at radius 3 is 1.60 bits per heavy atom. The van der Waals surface area contributed by atoms with Crippen LogP contribution in [0.3, 0.4) is 0 Å². The number of aryl methyl sites for hydroxylation is 4. The lowest BCUT2D eigenvalue weighted by Crippen LogP contribution is -2.55. The number of benzene rings is 2. The van der Waals surface area contributed by atoms with Gasteiger partial charge in [0.1, 0.15) is 0 Å². The lowest BCUT2D eigenvalue weighted by atomic mass is 9.70. The minimum atomic E-state index is -5.55. The molecule has 2 rings (SSSR count). The van der Waals surface area contributed by atoms with Crippen molar-refractivity contribution < 1.29 is 26.3 Å². The zero-order chi connectivity index (χ0) is 19.2. The molecule has 0 nitrogen and oxygen atoms in total. The van der Waals surface area contributed by atoms with Crippen LogP contribution < -0.4 is 0 Å². The average Bonchev–Trinajstić information content (AvgIpc) is 2.42. The Morgan fingerprint density at radius 2 is 1.16 bits per heavy atom. The summed E-state index contributed by atoms with van der Waals surface area (Å²) in [5, 5.41) is 0. The first-order valence-electron chi connectivity index (χ1n) is 7.61. The maximum Gasteiger partial charge on any atom is 0.411 e. The summed E-state index contributed by atoms with van der Waals surface area (Å²) in [5.41, 5.74) is -4.13. The number of alkyl halides is 6. The normalized spacial score (nSPS) is 13.2. The molecular weight excluding hydrogens is 342 g/mol. The zero-order valence-electron chi connectivity index (χ0n) is 14.2. The lowest BCUT2D eigenvalue weighted by Gasteiger charge is -2.39. The molecule has 0 saturated carbocycles. The van der Waals surface area contributed by atoms with Crippen molar-refractivity contribution in [2.24, 2.45) is 0 Å². The second-order valence-electron chi connectivity index (χ2n) is 6.36. The van der Waals surface area contributed by atoms with Crippen molar-refractivity contribution in [3.63, 3.8) is 0 Å². The van der Waals surface area contributed by atoms with E-state index in [0.29, 0.717) is 16.7 Å². The predicted octanol–water partition coefficient (Wildman–Crippen LogP) is 6.33. The topological polar surface area (TPSA) is 0 Å². The molecule has 25 heavy (non-hydrogen) atoms. The van der Waals surface area contributed by atoms with Gasteiger partial charge in [-0.3, -0.25) is 0 Å². The molecule has 2 aromatic carbocycles. The van der Waals surface area contributed by atoms with E-state index in [-0.39, 0.29) is 5.56 Å². The highest BCUT2D eigenvalue weighted by molar-refractivity contribution is 5.50. The van der Waals surface area contributed by atoms with E-state index in [9.17, 15) is 26.3 Å². The largest absolute Gasteiger partial charge is 0.411 e. The fourth-order valence-electron chi connectivity index (χ4n) is 3.16. The van der Waals surface area contributed by atoms with E-state index in [0.717, 1.165) is 18.2 Å². The Bertz CT molecular complexity index is 769. The fraction of sp³-hybridized carbons (Fsp3) is 0.368. The number of hydrogen-bond donors (Lipinski definition) is 0. The molecule has 6 heteroatoms. The number of rotatable bonds is 2. The Morgan fingerprint density at radius 1 is 0.600 bits per heavy atom. The lowest BCUT2D eigenvalue weighted by molar-refractivity contribution is -0.288. The first kappa shape index (κ1) is 19.3. The first-order valence-corrected chi connectivity index (χ1v) is 7.61. The molecule has 0 saturated heterocycles. The summed E-state index contributed by atoms with van der Waals surface area (Å²) in [6.07, 6.45) is -11.1. The van der Waals surface area contributed by atoms with Crippen molar-refractivity contribution in [2.75, 3.05) is 0 Å². The summed E-state index contributed by atoms with van der Waals surface area (Å²) in [4.78, 5) is 0. The molecule has 0 bridgehead atoms. The van der Waals surface area contributed by atoms with Crippen molar-refractivity contribution in [1.82, 2.24) is 0 Å². The van der Waals surface area contributed by atoms with Crippen LogP contribution >= 0.6 is 0 Å². The molecule has 0 aromatic heterocycles. The molecule has 136 valence electrons. The maximum absolute atomic E-state index is 14.0. The third-order valence-corrected chi connectivity index (χ3v) is 4.58. The van der Waals surface area contributed by atoms with Gasteiger partial charge in [0.05, 0.1) is 0 Å². The van der Waals surface area contributed by atoms with E-state index in [2.05, 4.69) is 0 Å². The summed E-state index contributed by atoms with van der Waals surface area (Å²) < 4.78 is 84.2. The molecular formula is C19H18F6. The quantitative estimate of drug-likeness (QED) is 0.549. The Kier molecular flexibility index (Phi) is 4.70. The molecule has 0 amide bonds. The van der Waals surface area contributed by atoms with E-state index in [1.165, 1.54) is 32.0 Å². The van der Waals surface area contributed by atoms with Gasteiger partial charge in [-0.25, -0.2) is 0 Å². The minimum Gasteiger partial charge on any atom is -0.169 e. The van der Waals surface area contributed by atoms with Crippen LogP contribution in [0.1, 0.15) is 33.4 Å². The minimum absolute atomic E-state index is 0.0483. The standard InChI is InChI=1S/C19H18F6/c1-11-5-8-16(14(4)9-11)17(18(20,21)22,19(23,24)25)15-7-6-12(2)13(3)10-15/h5-10H,1-4H3. The van der Waals surface area contributed by atoms with Crippen LogP contribution in [0.5, 0.6) is 0 Å². The van der Waals surface area contributed by atoms with Gasteiger partial charge in [0.2, 0.25) is 5.41 Å². The molecule has 0 atom stereocenters. The molecule has 0 spiro atoms. The monoisotopic (exact) mass is 360 g/mol. The van der Waals surface area contributed by atoms with Crippen molar-refractivity contribution in [3.05, 3.63) is 69.8 Å². The summed E-state index contributed by atoms with van der Waals surface area (Å²) in [6, 6.07) is 6.73. The second-order valence-corrected chi connectivity index (χ2v) is 6.36. The number of halogens is 6. The van der Waals surface area contributed by atoms with Gasteiger partial charge in [0.25, 0.3) is 0 Å². The molecule has 2 aromatic rings. The van der Waals surface area contributed by atoms with Gasteiger partial charge in [-0.1, -0.05) is 42.0 Å². The maximum atomic E-state index is 14.0. The molecule has 0 aliphatic rings. The van der Waals surface area contributed by atoms with Crippen molar-refractivity contribution in [3.8, 4) is 0 Å². The van der Waals surface area contributed by atoms with Crippen LogP contribution in [0.2, 0.25) is 0 Å². The Balaban J connectivity index is 2.99. The van der Waals surface area contributed by atoms with Gasteiger partial charge in [-0.2, -0.15) is 26.3 Å². The predicted molar refractivity (Wildman–Crippen MR) is 84.7 cm³/mol. The SMILES string of the molecule is Cc1ccc(C(c2ccc(C)c(C)c2)(C(F)(F)F)C(F)(F)F)c(C)c1.